The minimum absolute atomic E-state index is 0.383. The Morgan fingerprint density at radius 1 is 1.47 bits per heavy atom. The van der Waals surface area contributed by atoms with Gasteiger partial charge in [-0.05, 0) is 12.1 Å². The van der Waals surface area contributed by atoms with Gasteiger partial charge in [-0.1, -0.05) is 6.07 Å². The summed E-state index contributed by atoms with van der Waals surface area (Å²) in [4.78, 5) is 15.4. The molecule has 0 unspecified atom stereocenters. The van der Waals surface area contributed by atoms with Crippen LogP contribution in [0.4, 0.5) is 11.4 Å². The molecule has 1 aromatic carbocycles. The second-order valence-corrected chi connectivity index (χ2v) is 4.15. The lowest BCUT2D eigenvalue weighted by Crippen LogP contribution is -2.17. The number of para-hydroxylation sites is 1. The monoisotopic (exact) mass is 260 g/mol. The van der Waals surface area contributed by atoms with Gasteiger partial charge in [-0.2, -0.15) is 5.10 Å². The van der Waals surface area contributed by atoms with E-state index in [1.165, 1.54) is 0 Å². The topological polar surface area (TPSA) is 112 Å². The van der Waals surface area contributed by atoms with Crippen LogP contribution in [0.1, 0.15) is 16.2 Å². The average molecular weight is 260 g/mol. The average Bonchev–Trinajstić information content (AvgIpc) is 2.77. The molecule has 5 N–H and O–H groups in total. The van der Waals surface area contributed by atoms with Crippen LogP contribution in [0.25, 0.3) is 0 Å². The van der Waals surface area contributed by atoms with Crippen LogP contribution in [0.3, 0.4) is 0 Å². The van der Waals surface area contributed by atoms with Gasteiger partial charge in [0.2, 0.25) is 0 Å². The third-order valence-electron chi connectivity index (χ3n) is 2.66. The second kappa shape index (κ2) is 5.38. The minimum Gasteiger partial charge on any atom is -0.397 e. The zero-order chi connectivity index (χ0) is 13.8. The molecule has 0 aliphatic carbocycles. The predicted octanol–water partition coefficient (Wildman–Crippen LogP) is 0.151. The molecule has 1 aromatic heterocycles. The van der Waals surface area contributed by atoms with Gasteiger partial charge in [0.25, 0.3) is 5.91 Å². The predicted molar refractivity (Wildman–Crippen MR) is 72.6 cm³/mol. The van der Waals surface area contributed by atoms with Crippen molar-refractivity contribution < 1.29 is 4.79 Å². The van der Waals surface area contributed by atoms with Gasteiger partial charge in [0.15, 0.2) is 5.82 Å². The molecule has 0 saturated heterocycles. The van der Waals surface area contributed by atoms with Crippen molar-refractivity contribution in [1.82, 2.24) is 14.8 Å². The number of nitrogens with two attached hydrogens (primary N) is 2. The maximum atomic E-state index is 11.3. The number of rotatable bonds is 5. The molecule has 0 aliphatic rings. The molecule has 0 saturated carbocycles. The third kappa shape index (κ3) is 3.01. The van der Waals surface area contributed by atoms with Crippen molar-refractivity contribution >= 4 is 17.3 Å². The normalized spacial score (nSPS) is 10.4. The van der Waals surface area contributed by atoms with Crippen molar-refractivity contribution in [3.63, 3.8) is 0 Å². The first-order chi connectivity index (χ1) is 9.08. The Morgan fingerprint density at radius 3 is 2.89 bits per heavy atom. The van der Waals surface area contributed by atoms with E-state index in [9.17, 15) is 4.79 Å². The van der Waals surface area contributed by atoms with E-state index < -0.39 is 5.91 Å². The number of amides is 1. The van der Waals surface area contributed by atoms with Crippen LogP contribution >= 0.6 is 0 Å². The SMILES string of the molecule is Cn1cnc(CCNc2c(N)cccc2C(N)=O)n1. The number of primary amides is 1. The van der Waals surface area contributed by atoms with Crippen LogP contribution < -0.4 is 16.8 Å². The molecular weight excluding hydrogens is 244 g/mol. The van der Waals surface area contributed by atoms with Crippen LogP contribution in [0.2, 0.25) is 0 Å². The van der Waals surface area contributed by atoms with Gasteiger partial charge in [0, 0.05) is 20.0 Å². The molecule has 7 nitrogen and oxygen atoms in total. The van der Waals surface area contributed by atoms with E-state index in [1.807, 2.05) is 7.05 Å². The summed E-state index contributed by atoms with van der Waals surface area (Å²) in [6, 6.07) is 5.05. The van der Waals surface area contributed by atoms with Crippen molar-refractivity contribution in [2.75, 3.05) is 17.6 Å². The first-order valence-corrected chi connectivity index (χ1v) is 5.84. The van der Waals surface area contributed by atoms with Crippen molar-refractivity contribution in [3.05, 3.63) is 35.9 Å². The van der Waals surface area contributed by atoms with E-state index in [2.05, 4.69) is 15.4 Å². The van der Waals surface area contributed by atoms with E-state index in [0.717, 1.165) is 5.82 Å². The van der Waals surface area contributed by atoms with E-state index in [1.54, 1.807) is 29.2 Å². The molecule has 0 fully saturated rings. The van der Waals surface area contributed by atoms with Gasteiger partial charge in [-0.25, -0.2) is 4.98 Å². The molecule has 0 bridgehead atoms. The van der Waals surface area contributed by atoms with Crippen molar-refractivity contribution in [3.8, 4) is 0 Å². The van der Waals surface area contributed by atoms with E-state index in [4.69, 9.17) is 11.5 Å². The van der Waals surface area contributed by atoms with Crippen LogP contribution in [0.15, 0.2) is 24.5 Å². The standard InChI is InChI=1S/C12H16N6O/c1-18-7-16-10(17-18)5-6-15-11-8(12(14)19)3-2-4-9(11)13/h2-4,7,15H,5-6,13H2,1H3,(H2,14,19). The molecule has 100 valence electrons. The molecule has 1 heterocycles. The Labute approximate surface area is 110 Å². The fraction of sp³-hybridized carbons (Fsp3) is 0.250. The Balaban J connectivity index is 2.05. The highest BCUT2D eigenvalue weighted by Gasteiger charge is 2.10. The van der Waals surface area contributed by atoms with Crippen molar-refractivity contribution in [2.45, 2.75) is 6.42 Å². The summed E-state index contributed by atoms with van der Waals surface area (Å²) in [5.74, 6) is 0.218. The number of nitrogens with one attached hydrogen (secondary N) is 1. The van der Waals surface area contributed by atoms with Crippen LogP contribution in [-0.4, -0.2) is 27.2 Å². The Kier molecular flexibility index (Phi) is 3.65. The highest BCUT2D eigenvalue weighted by Crippen LogP contribution is 2.22. The van der Waals surface area contributed by atoms with Crippen LogP contribution in [0.5, 0.6) is 0 Å². The summed E-state index contributed by atoms with van der Waals surface area (Å²) in [7, 11) is 1.81. The van der Waals surface area contributed by atoms with E-state index in [-0.39, 0.29) is 0 Å². The summed E-state index contributed by atoms with van der Waals surface area (Å²) in [5, 5.41) is 7.27. The van der Waals surface area contributed by atoms with Gasteiger partial charge < -0.3 is 16.8 Å². The second-order valence-electron chi connectivity index (χ2n) is 4.15. The van der Waals surface area contributed by atoms with Gasteiger partial charge in [-0.3, -0.25) is 9.48 Å². The van der Waals surface area contributed by atoms with Crippen molar-refractivity contribution in [1.29, 1.82) is 0 Å². The number of hydrogen-bond donors (Lipinski definition) is 3. The molecule has 1 amide bonds. The van der Waals surface area contributed by atoms with E-state index in [0.29, 0.717) is 29.9 Å². The summed E-state index contributed by atoms with van der Waals surface area (Å²) >= 11 is 0. The number of hydrogen-bond acceptors (Lipinski definition) is 5. The molecule has 7 heteroatoms. The molecular formula is C12H16N6O. The van der Waals surface area contributed by atoms with Gasteiger partial charge in [0.05, 0.1) is 16.9 Å². The van der Waals surface area contributed by atoms with Crippen LogP contribution in [-0.2, 0) is 13.5 Å². The zero-order valence-corrected chi connectivity index (χ0v) is 10.6. The van der Waals surface area contributed by atoms with Crippen molar-refractivity contribution in [2.24, 2.45) is 12.8 Å². The lowest BCUT2D eigenvalue weighted by Gasteiger charge is -2.11. The Morgan fingerprint density at radius 2 is 2.26 bits per heavy atom. The fourth-order valence-electron chi connectivity index (χ4n) is 1.77. The van der Waals surface area contributed by atoms with Gasteiger partial charge in [-0.15, -0.1) is 0 Å². The number of aromatic nitrogens is 3. The first kappa shape index (κ1) is 12.9. The molecule has 0 aliphatic heterocycles. The largest absolute Gasteiger partial charge is 0.397 e. The lowest BCUT2D eigenvalue weighted by molar-refractivity contribution is 0.100. The summed E-state index contributed by atoms with van der Waals surface area (Å²) in [5.41, 5.74) is 12.6. The number of carbonyl (C=O) groups excluding carboxylic acids is 1. The zero-order valence-electron chi connectivity index (χ0n) is 10.6. The highest BCUT2D eigenvalue weighted by atomic mass is 16.1. The molecule has 0 radical (unpaired) electrons. The number of anilines is 2. The molecule has 2 rings (SSSR count). The summed E-state index contributed by atoms with van der Waals surface area (Å²) < 4.78 is 1.64. The van der Waals surface area contributed by atoms with Crippen LogP contribution in [0, 0.1) is 0 Å². The lowest BCUT2D eigenvalue weighted by atomic mass is 10.1. The molecule has 19 heavy (non-hydrogen) atoms. The number of carbonyl (C=O) groups is 1. The van der Waals surface area contributed by atoms with Gasteiger partial charge >= 0.3 is 0 Å². The highest BCUT2D eigenvalue weighted by molar-refractivity contribution is 6.01. The number of nitrogens with zero attached hydrogens (tertiary/aromatic N) is 3. The minimum atomic E-state index is -0.509. The fourth-order valence-corrected chi connectivity index (χ4v) is 1.77. The molecule has 0 atom stereocenters. The molecule has 2 aromatic rings. The summed E-state index contributed by atoms with van der Waals surface area (Å²) in [6.07, 6.45) is 2.27. The number of aryl methyl sites for hydroxylation is 1. The number of benzene rings is 1. The quantitative estimate of drug-likeness (QED) is 0.662. The Bertz CT molecular complexity index is 592. The smallest absolute Gasteiger partial charge is 0.250 e. The first-order valence-electron chi connectivity index (χ1n) is 5.84. The van der Waals surface area contributed by atoms with E-state index >= 15 is 0 Å². The number of nitrogen functional groups attached to an aromatic ring is 1. The molecule has 0 spiro atoms. The van der Waals surface area contributed by atoms with Gasteiger partial charge in [0.1, 0.15) is 6.33 Å². The third-order valence-corrected chi connectivity index (χ3v) is 2.66. The maximum Gasteiger partial charge on any atom is 0.250 e. The maximum absolute atomic E-state index is 11.3. The Hall–Kier alpha value is -2.57. The summed E-state index contributed by atoms with van der Waals surface area (Å²) in [6.45, 7) is 0.568.